The molecular formula is C17H18N4OS2. The van der Waals surface area contributed by atoms with Gasteiger partial charge in [-0.05, 0) is 39.0 Å². The molecule has 0 saturated carbocycles. The summed E-state index contributed by atoms with van der Waals surface area (Å²) in [5.74, 6) is 0.460. The van der Waals surface area contributed by atoms with Crippen LogP contribution in [0.4, 0.5) is 10.8 Å². The third-order valence-electron chi connectivity index (χ3n) is 3.49. The first kappa shape index (κ1) is 16.7. The van der Waals surface area contributed by atoms with Crippen molar-refractivity contribution in [2.45, 2.75) is 25.1 Å². The summed E-state index contributed by atoms with van der Waals surface area (Å²) in [6.45, 7) is 5.92. The number of benzene rings is 1. The lowest BCUT2D eigenvalue weighted by molar-refractivity contribution is 0.102. The maximum absolute atomic E-state index is 12.3. The van der Waals surface area contributed by atoms with E-state index in [-0.39, 0.29) is 5.78 Å². The average molecular weight is 358 g/mol. The van der Waals surface area contributed by atoms with E-state index in [0.29, 0.717) is 5.75 Å². The van der Waals surface area contributed by atoms with E-state index in [9.17, 15) is 4.79 Å². The summed E-state index contributed by atoms with van der Waals surface area (Å²) < 4.78 is 0.780. The van der Waals surface area contributed by atoms with Crippen LogP contribution in [0.1, 0.15) is 27.3 Å². The number of hydrogen-bond donors (Lipinski definition) is 2. The van der Waals surface area contributed by atoms with Crippen molar-refractivity contribution in [3.05, 3.63) is 52.8 Å². The van der Waals surface area contributed by atoms with Crippen LogP contribution in [0.15, 0.2) is 34.7 Å². The number of H-pyrrole nitrogens is 1. The fourth-order valence-corrected chi connectivity index (χ4v) is 3.95. The van der Waals surface area contributed by atoms with Crippen molar-refractivity contribution in [1.82, 2.24) is 15.2 Å². The molecule has 3 rings (SSSR count). The maximum Gasteiger partial charge on any atom is 0.210 e. The SMILES string of the molecule is Cc1ccc(Nc2nnc(SCC(=O)c3cc(C)[nH]c3C)s2)cc1. The highest BCUT2D eigenvalue weighted by Crippen LogP contribution is 2.28. The second kappa shape index (κ2) is 7.19. The Hall–Kier alpha value is -2.12. The van der Waals surface area contributed by atoms with Crippen molar-refractivity contribution in [2.75, 3.05) is 11.1 Å². The fraction of sp³-hybridized carbons (Fsp3) is 0.235. The number of aryl methyl sites for hydroxylation is 3. The summed E-state index contributed by atoms with van der Waals surface area (Å²) in [5.41, 5.74) is 4.85. The Morgan fingerprint density at radius 2 is 1.96 bits per heavy atom. The van der Waals surface area contributed by atoms with Gasteiger partial charge < -0.3 is 10.3 Å². The van der Waals surface area contributed by atoms with Crippen molar-refractivity contribution < 1.29 is 4.79 Å². The molecule has 2 heterocycles. The number of aromatic nitrogens is 3. The number of nitrogens with one attached hydrogen (secondary N) is 2. The van der Waals surface area contributed by atoms with Gasteiger partial charge in [0.25, 0.3) is 0 Å². The van der Waals surface area contributed by atoms with Crippen LogP contribution in [0.5, 0.6) is 0 Å². The molecule has 7 heteroatoms. The molecule has 5 nitrogen and oxygen atoms in total. The Morgan fingerprint density at radius 3 is 2.62 bits per heavy atom. The van der Waals surface area contributed by atoms with Gasteiger partial charge in [-0.1, -0.05) is 40.8 Å². The molecule has 0 aliphatic heterocycles. The topological polar surface area (TPSA) is 70.7 Å². The van der Waals surface area contributed by atoms with Gasteiger partial charge in [0.15, 0.2) is 10.1 Å². The zero-order chi connectivity index (χ0) is 17.1. The highest BCUT2D eigenvalue weighted by atomic mass is 32.2. The molecule has 3 aromatic rings. The van der Waals surface area contributed by atoms with Gasteiger partial charge in [0.05, 0.1) is 5.75 Å². The number of carbonyl (C=O) groups excluding carboxylic acids is 1. The van der Waals surface area contributed by atoms with Crippen LogP contribution in [0, 0.1) is 20.8 Å². The Labute approximate surface area is 148 Å². The summed E-state index contributed by atoms with van der Waals surface area (Å²) >= 11 is 2.86. The number of ketones is 1. The third-order valence-corrected chi connectivity index (χ3v) is 5.46. The third kappa shape index (κ3) is 4.04. The molecule has 0 amide bonds. The standard InChI is InChI=1S/C17H18N4OS2/c1-10-4-6-13(7-5-10)19-16-20-21-17(24-16)23-9-15(22)14-8-11(2)18-12(14)3/h4-8,18H,9H2,1-3H3,(H,19,20). The second-order valence-electron chi connectivity index (χ2n) is 5.57. The lowest BCUT2D eigenvalue weighted by atomic mass is 10.2. The molecule has 1 aromatic carbocycles. The number of rotatable bonds is 6. The molecule has 0 unspecified atom stereocenters. The Bertz CT molecular complexity index is 852. The molecular weight excluding hydrogens is 340 g/mol. The van der Waals surface area contributed by atoms with Crippen molar-refractivity contribution >= 4 is 39.7 Å². The van der Waals surface area contributed by atoms with E-state index in [2.05, 4.69) is 20.5 Å². The normalized spacial score (nSPS) is 10.8. The minimum Gasteiger partial charge on any atom is -0.362 e. The summed E-state index contributed by atoms with van der Waals surface area (Å²) in [7, 11) is 0. The van der Waals surface area contributed by atoms with Crippen molar-refractivity contribution in [2.24, 2.45) is 0 Å². The first-order valence-corrected chi connectivity index (χ1v) is 9.31. The van der Waals surface area contributed by atoms with E-state index >= 15 is 0 Å². The highest BCUT2D eigenvalue weighted by Gasteiger charge is 2.13. The van der Waals surface area contributed by atoms with Gasteiger partial charge in [0, 0.05) is 22.6 Å². The minimum absolute atomic E-state index is 0.102. The quantitative estimate of drug-likeness (QED) is 0.501. The van der Waals surface area contributed by atoms with E-state index in [1.165, 1.54) is 28.7 Å². The predicted octanol–water partition coefficient (Wildman–Crippen LogP) is 4.51. The monoisotopic (exact) mass is 358 g/mol. The zero-order valence-electron chi connectivity index (χ0n) is 13.7. The molecule has 0 bridgehead atoms. The van der Waals surface area contributed by atoms with Crippen LogP contribution in [-0.2, 0) is 0 Å². The van der Waals surface area contributed by atoms with Gasteiger partial charge in [-0.2, -0.15) is 0 Å². The first-order chi connectivity index (χ1) is 11.5. The Kier molecular flexibility index (Phi) is 5.01. The van der Waals surface area contributed by atoms with Gasteiger partial charge in [0.2, 0.25) is 5.13 Å². The number of anilines is 2. The molecule has 24 heavy (non-hydrogen) atoms. The number of hydrogen-bond acceptors (Lipinski definition) is 6. The summed E-state index contributed by atoms with van der Waals surface area (Å²) in [5, 5.41) is 12.2. The van der Waals surface area contributed by atoms with Crippen molar-refractivity contribution in [3.63, 3.8) is 0 Å². The first-order valence-electron chi connectivity index (χ1n) is 7.50. The Morgan fingerprint density at radius 1 is 1.21 bits per heavy atom. The van der Waals surface area contributed by atoms with Crippen LogP contribution in [0.25, 0.3) is 0 Å². The van der Waals surface area contributed by atoms with Crippen molar-refractivity contribution in [1.29, 1.82) is 0 Å². The number of Topliss-reactive ketones (excluding diaryl/α,β-unsaturated/α-hetero) is 1. The number of carbonyl (C=O) groups is 1. The predicted molar refractivity (Wildman–Crippen MR) is 99.7 cm³/mol. The van der Waals surface area contributed by atoms with Crippen LogP contribution in [0.3, 0.4) is 0 Å². The van der Waals surface area contributed by atoms with E-state index in [1.54, 1.807) is 0 Å². The lowest BCUT2D eigenvalue weighted by Crippen LogP contribution is -2.02. The molecule has 124 valence electrons. The van der Waals surface area contributed by atoms with Crippen LogP contribution >= 0.6 is 23.1 Å². The van der Waals surface area contributed by atoms with E-state index in [0.717, 1.165) is 32.1 Å². The summed E-state index contributed by atoms with van der Waals surface area (Å²) in [6.07, 6.45) is 0. The molecule has 0 saturated heterocycles. The van der Waals surface area contributed by atoms with Gasteiger partial charge in [-0.25, -0.2) is 0 Å². The lowest BCUT2D eigenvalue weighted by Gasteiger charge is -2.01. The fourth-order valence-electron chi connectivity index (χ4n) is 2.30. The molecule has 0 fully saturated rings. The molecule has 0 aliphatic carbocycles. The molecule has 0 atom stereocenters. The van der Waals surface area contributed by atoms with Crippen LogP contribution < -0.4 is 5.32 Å². The van der Waals surface area contributed by atoms with Gasteiger partial charge in [-0.15, -0.1) is 10.2 Å². The van der Waals surface area contributed by atoms with Gasteiger partial charge in [0.1, 0.15) is 0 Å². The molecule has 2 aromatic heterocycles. The number of thioether (sulfide) groups is 1. The zero-order valence-corrected chi connectivity index (χ0v) is 15.3. The number of aromatic amines is 1. The average Bonchev–Trinajstić information content (AvgIpc) is 3.13. The van der Waals surface area contributed by atoms with E-state index in [4.69, 9.17) is 0 Å². The largest absolute Gasteiger partial charge is 0.362 e. The highest BCUT2D eigenvalue weighted by molar-refractivity contribution is 8.01. The van der Waals surface area contributed by atoms with Crippen molar-refractivity contribution in [3.8, 4) is 0 Å². The van der Waals surface area contributed by atoms with Gasteiger partial charge in [-0.3, -0.25) is 4.79 Å². The minimum atomic E-state index is 0.102. The van der Waals surface area contributed by atoms with E-state index in [1.807, 2.05) is 51.1 Å². The smallest absolute Gasteiger partial charge is 0.210 e. The molecule has 2 N–H and O–H groups in total. The number of nitrogens with zero attached hydrogens (tertiary/aromatic N) is 2. The van der Waals surface area contributed by atoms with E-state index < -0.39 is 0 Å². The molecule has 0 radical (unpaired) electrons. The maximum atomic E-state index is 12.3. The summed E-state index contributed by atoms with van der Waals surface area (Å²) in [4.78, 5) is 15.4. The van der Waals surface area contributed by atoms with Crippen LogP contribution in [-0.4, -0.2) is 26.7 Å². The molecule has 0 spiro atoms. The summed E-state index contributed by atoms with van der Waals surface area (Å²) in [6, 6.07) is 9.98. The van der Waals surface area contributed by atoms with Gasteiger partial charge >= 0.3 is 0 Å². The Balaban J connectivity index is 1.59. The molecule has 0 aliphatic rings. The second-order valence-corrected chi connectivity index (χ2v) is 7.77. The van der Waals surface area contributed by atoms with Crippen LogP contribution in [0.2, 0.25) is 0 Å².